The molecule has 0 fully saturated rings. The van der Waals surface area contributed by atoms with Crippen molar-refractivity contribution in [2.24, 2.45) is 5.92 Å². The van der Waals surface area contributed by atoms with Crippen LogP contribution in [0.25, 0.3) is 0 Å². The second kappa shape index (κ2) is 5.27. The van der Waals surface area contributed by atoms with Crippen LogP contribution in [-0.4, -0.2) is 17.1 Å². The maximum Gasteiger partial charge on any atom is 0.132 e. The lowest BCUT2D eigenvalue weighted by Gasteiger charge is -2.13. The van der Waals surface area contributed by atoms with E-state index in [2.05, 4.69) is 4.89 Å². The summed E-state index contributed by atoms with van der Waals surface area (Å²) in [5.74, 6) is 0.483. The molecule has 0 aromatic rings. The average molecular weight is 160 g/mol. The summed E-state index contributed by atoms with van der Waals surface area (Å²) in [7, 11) is 0. The van der Waals surface area contributed by atoms with E-state index in [1.54, 1.807) is 0 Å². The van der Waals surface area contributed by atoms with Crippen molar-refractivity contribution in [1.29, 1.82) is 0 Å². The van der Waals surface area contributed by atoms with Gasteiger partial charge in [-0.05, 0) is 19.3 Å². The van der Waals surface area contributed by atoms with Gasteiger partial charge in [0.05, 0.1) is 6.10 Å². The molecular weight excluding hydrogens is 144 g/mol. The number of rotatable bonds is 5. The molecular formula is C8H16O3. The average Bonchev–Trinajstić information content (AvgIpc) is 1.84. The first-order valence-electron chi connectivity index (χ1n) is 3.86. The molecule has 0 aliphatic rings. The van der Waals surface area contributed by atoms with Gasteiger partial charge in [-0.3, -0.25) is 10.1 Å². The van der Waals surface area contributed by atoms with Gasteiger partial charge in [0, 0.05) is 6.42 Å². The molecule has 66 valence electrons. The highest BCUT2D eigenvalue weighted by molar-refractivity contribution is 5.75. The maximum atomic E-state index is 10.6. The largest absolute Gasteiger partial charge is 0.300 e. The Hall–Kier alpha value is -0.410. The van der Waals surface area contributed by atoms with E-state index in [-0.39, 0.29) is 11.9 Å². The zero-order chi connectivity index (χ0) is 8.85. The van der Waals surface area contributed by atoms with Gasteiger partial charge >= 0.3 is 0 Å². The molecule has 1 N–H and O–H groups in total. The second-order valence-electron chi connectivity index (χ2n) is 3.26. The third-order valence-electron chi connectivity index (χ3n) is 1.40. The summed E-state index contributed by atoms with van der Waals surface area (Å²) in [5.41, 5.74) is 0. The minimum atomic E-state index is -0.326. The van der Waals surface area contributed by atoms with Gasteiger partial charge in [-0.25, -0.2) is 4.89 Å². The van der Waals surface area contributed by atoms with E-state index in [9.17, 15) is 4.79 Å². The Bertz CT molecular complexity index is 121. The van der Waals surface area contributed by atoms with Crippen LogP contribution in [0, 0.1) is 5.92 Å². The van der Waals surface area contributed by atoms with Gasteiger partial charge in [-0.1, -0.05) is 13.8 Å². The van der Waals surface area contributed by atoms with Gasteiger partial charge in [-0.15, -0.1) is 0 Å². The van der Waals surface area contributed by atoms with E-state index >= 15 is 0 Å². The predicted octanol–water partition coefficient (Wildman–Crippen LogP) is 1.87. The predicted molar refractivity (Wildman–Crippen MR) is 42.3 cm³/mol. The Morgan fingerprint density at radius 2 is 2.09 bits per heavy atom. The fraction of sp³-hybridized carbons (Fsp3) is 0.875. The van der Waals surface area contributed by atoms with Crippen LogP contribution in [0.4, 0.5) is 0 Å². The standard InChI is InChI=1S/C8H16O3/c1-6(2)4-8(11-10)5-7(3)9/h6,8,10H,4-5H2,1-3H3/t8-/m1/s1. The summed E-state index contributed by atoms with van der Waals surface area (Å²) in [6.45, 7) is 5.53. The molecule has 0 radical (unpaired) electrons. The van der Waals surface area contributed by atoms with Gasteiger partial charge in [0.1, 0.15) is 5.78 Å². The van der Waals surface area contributed by atoms with E-state index in [1.807, 2.05) is 13.8 Å². The molecule has 0 unspecified atom stereocenters. The van der Waals surface area contributed by atoms with E-state index < -0.39 is 0 Å². The molecule has 1 atom stereocenters. The third-order valence-corrected chi connectivity index (χ3v) is 1.40. The van der Waals surface area contributed by atoms with Crippen molar-refractivity contribution < 1.29 is 14.9 Å². The van der Waals surface area contributed by atoms with Crippen molar-refractivity contribution in [3.05, 3.63) is 0 Å². The molecule has 0 aliphatic carbocycles. The first-order chi connectivity index (χ1) is 5.06. The molecule has 0 spiro atoms. The number of Topliss-reactive ketones (excluding diaryl/α,β-unsaturated/α-hetero) is 1. The van der Waals surface area contributed by atoms with Crippen LogP contribution in [0.3, 0.4) is 0 Å². The molecule has 0 saturated carbocycles. The smallest absolute Gasteiger partial charge is 0.132 e. The molecule has 0 rings (SSSR count). The minimum Gasteiger partial charge on any atom is -0.300 e. The third kappa shape index (κ3) is 6.01. The fourth-order valence-corrected chi connectivity index (χ4v) is 1.01. The van der Waals surface area contributed by atoms with Crippen molar-refractivity contribution in [1.82, 2.24) is 0 Å². The van der Waals surface area contributed by atoms with Crippen LogP contribution in [0.5, 0.6) is 0 Å². The molecule has 0 aromatic heterocycles. The van der Waals surface area contributed by atoms with E-state index in [1.165, 1.54) is 6.92 Å². The summed E-state index contributed by atoms with van der Waals surface area (Å²) in [6.07, 6.45) is 0.692. The second-order valence-corrected chi connectivity index (χ2v) is 3.26. The lowest BCUT2D eigenvalue weighted by Crippen LogP contribution is -2.17. The molecule has 0 bridgehead atoms. The molecule has 3 nitrogen and oxygen atoms in total. The molecule has 0 aliphatic heterocycles. The highest BCUT2D eigenvalue weighted by Gasteiger charge is 2.13. The number of hydrogen-bond acceptors (Lipinski definition) is 3. The van der Waals surface area contributed by atoms with Crippen molar-refractivity contribution in [2.45, 2.75) is 39.7 Å². The van der Waals surface area contributed by atoms with Gasteiger partial charge in [0.2, 0.25) is 0 Å². The summed E-state index contributed by atoms with van der Waals surface area (Å²) in [4.78, 5) is 14.8. The number of carbonyl (C=O) groups excluding carboxylic acids is 1. The van der Waals surface area contributed by atoms with Crippen LogP contribution in [0.1, 0.15) is 33.6 Å². The Morgan fingerprint density at radius 1 is 1.55 bits per heavy atom. The van der Waals surface area contributed by atoms with Crippen molar-refractivity contribution >= 4 is 5.78 Å². The highest BCUT2D eigenvalue weighted by atomic mass is 17.1. The van der Waals surface area contributed by atoms with Crippen molar-refractivity contribution in [3.63, 3.8) is 0 Å². The van der Waals surface area contributed by atoms with Gasteiger partial charge in [-0.2, -0.15) is 0 Å². The summed E-state index contributed by atoms with van der Waals surface area (Å²) in [6, 6.07) is 0. The van der Waals surface area contributed by atoms with E-state index in [0.29, 0.717) is 12.3 Å². The zero-order valence-electron chi connectivity index (χ0n) is 7.33. The van der Waals surface area contributed by atoms with E-state index in [0.717, 1.165) is 6.42 Å². The molecule has 0 saturated heterocycles. The van der Waals surface area contributed by atoms with Gasteiger partial charge < -0.3 is 0 Å². The van der Waals surface area contributed by atoms with E-state index in [4.69, 9.17) is 5.26 Å². The minimum absolute atomic E-state index is 0.0460. The van der Waals surface area contributed by atoms with Crippen molar-refractivity contribution in [3.8, 4) is 0 Å². The Balaban J connectivity index is 3.66. The maximum absolute atomic E-state index is 10.6. The molecule has 0 aromatic carbocycles. The summed E-state index contributed by atoms with van der Waals surface area (Å²) in [5, 5.41) is 8.37. The Kier molecular flexibility index (Phi) is 5.07. The Labute approximate surface area is 67.3 Å². The van der Waals surface area contributed by atoms with Crippen LogP contribution < -0.4 is 0 Å². The normalized spacial score (nSPS) is 13.5. The SMILES string of the molecule is CC(=O)C[C@@H](CC(C)C)OO. The van der Waals surface area contributed by atoms with Crippen molar-refractivity contribution in [2.75, 3.05) is 0 Å². The number of ketones is 1. The lowest BCUT2D eigenvalue weighted by molar-refractivity contribution is -0.281. The monoisotopic (exact) mass is 160 g/mol. The quantitative estimate of drug-likeness (QED) is 0.493. The molecule has 0 amide bonds. The lowest BCUT2D eigenvalue weighted by atomic mass is 10.0. The molecule has 0 heterocycles. The van der Waals surface area contributed by atoms with Gasteiger partial charge in [0.15, 0.2) is 0 Å². The van der Waals surface area contributed by atoms with Crippen LogP contribution in [0.2, 0.25) is 0 Å². The fourth-order valence-electron chi connectivity index (χ4n) is 1.01. The first kappa shape index (κ1) is 10.6. The van der Waals surface area contributed by atoms with Crippen LogP contribution >= 0.6 is 0 Å². The topological polar surface area (TPSA) is 46.5 Å². The van der Waals surface area contributed by atoms with Crippen LogP contribution in [-0.2, 0) is 9.68 Å². The summed E-state index contributed by atoms with van der Waals surface area (Å²) < 4.78 is 0. The number of hydrogen-bond donors (Lipinski definition) is 1. The summed E-state index contributed by atoms with van der Waals surface area (Å²) >= 11 is 0. The first-order valence-corrected chi connectivity index (χ1v) is 3.86. The highest BCUT2D eigenvalue weighted by Crippen LogP contribution is 2.10. The zero-order valence-corrected chi connectivity index (χ0v) is 7.33. The molecule has 11 heavy (non-hydrogen) atoms. The molecule has 3 heteroatoms. The Morgan fingerprint density at radius 3 is 2.36 bits per heavy atom. The van der Waals surface area contributed by atoms with Gasteiger partial charge in [0.25, 0.3) is 0 Å². The van der Waals surface area contributed by atoms with Crippen LogP contribution in [0.15, 0.2) is 0 Å². The number of carbonyl (C=O) groups is 1.